The molecule has 0 spiro atoms. The number of hydrogen-bond acceptors (Lipinski definition) is 3. The molecule has 1 aromatic carbocycles. The van der Waals surface area contributed by atoms with Crippen molar-refractivity contribution in [3.05, 3.63) is 35.9 Å². The van der Waals surface area contributed by atoms with Gasteiger partial charge in [0.2, 0.25) is 0 Å². The normalized spacial score (nSPS) is 21.6. The largest absolute Gasteiger partial charge is 0.337 e. The monoisotopic (exact) mass is 338 g/mol. The topological polar surface area (TPSA) is 75.3 Å². The number of carbonyl (C=O) groups excluding carboxylic acids is 1. The Hall–Kier alpha value is -1.56. The molecular weight excluding hydrogens is 312 g/mol. The second kappa shape index (κ2) is 6.91. The first-order valence-corrected chi connectivity index (χ1v) is 9.72. The van der Waals surface area contributed by atoms with Gasteiger partial charge >= 0.3 is 6.03 Å². The summed E-state index contributed by atoms with van der Waals surface area (Å²) < 4.78 is 23.6. The van der Waals surface area contributed by atoms with Gasteiger partial charge in [0.1, 0.15) is 0 Å². The maximum atomic E-state index is 12.2. The third-order valence-corrected chi connectivity index (χ3v) is 6.50. The molecule has 1 saturated heterocycles. The van der Waals surface area contributed by atoms with Crippen LogP contribution in [0.1, 0.15) is 45.2 Å². The molecule has 2 amide bonds. The van der Waals surface area contributed by atoms with Gasteiger partial charge in [0.05, 0.1) is 17.0 Å². The summed E-state index contributed by atoms with van der Waals surface area (Å²) in [5.74, 6) is 0.232. The lowest BCUT2D eigenvalue weighted by Gasteiger charge is -2.32. The average molecular weight is 338 g/mol. The number of rotatable bonds is 4. The van der Waals surface area contributed by atoms with E-state index in [-0.39, 0.29) is 29.8 Å². The van der Waals surface area contributed by atoms with Crippen LogP contribution in [0.3, 0.4) is 0 Å². The molecule has 1 aliphatic heterocycles. The second-order valence-corrected chi connectivity index (χ2v) is 9.60. The summed E-state index contributed by atoms with van der Waals surface area (Å²) in [4.78, 5) is 12.2. The smallest absolute Gasteiger partial charge is 0.315 e. The molecule has 0 radical (unpaired) electrons. The molecule has 5 nitrogen and oxygen atoms in total. The number of carbonyl (C=O) groups is 1. The molecule has 2 N–H and O–H groups in total. The zero-order chi connectivity index (χ0) is 17.1. The molecule has 128 valence electrons. The van der Waals surface area contributed by atoms with Gasteiger partial charge in [-0.2, -0.15) is 0 Å². The fourth-order valence-electron chi connectivity index (χ4n) is 2.92. The molecule has 6 heteroatoms. The predicted molar refractivity (Wildman–Crippen MR) is 92.0 cm³/mol. The summed E-state index contributed by atoms with van der Waals surface area (Å²) in [6.45, 7) is 6.37. The van der Waals surface area contributed by atoms with Crippen molar-refractivity contribution in [2.75, 3.05) is 12.3 Å². The number of nitrogens with one attached hydrogen (secondary N) is 2. The zero-order valence-electron chi connectivity index (χ0n) is 14.0. The summed E-state index contributed by atoms with van der Waals surface area (Å²) in [6.07, 6.45) is 1.31. The van der Waals surface area contributed by atoms with Crippen LogP contribution in [0.15, 0.2) is 30.3 Å². The quantitative estimate of drug-likeness (QED) is 0.886. The zero-order valence-corrected chi connectivity index (χ0v) is 14.8. The van der Waals surface area contributed by atoms with Gasteiger partial charge in [0.15, 0.2) is 9.84 Å². The molecule has 1 aliphatic rings. The molecule has 2 rings (SSSR count). The van der Waals surface area contributed by atoms with Crippen molar-refractivity contribution in [2.24, 2.45) is 5.41 Å². The molecule has 0 aliphatic carbocycles. The van der Waals surface area contributed by atoms with E-state index in [1.807, 2.05) is 30.3 Å². The van der Waals surface area contributed by atoms with Gasteiger partial charge in [-0.15, -0.1) is 0 Å². The fourth-order valence-corrected chi connectivity index (χ4v) is 4.69. The lowest BCUT2D eigenvalue weighted by Crippen LogP contribution is -2.45. The van der Waals surface area contributed by atoms with Crippen molar-refractivity contribution < 1.29 is 13.2 Å². The Morgan fingerprint density at radius 2 is 1.91 bits per heavy atom. The molecule has 1 aromatic rings. The van der Waals surface area contributed by atoms with E-state index in [9.17, 15) is 13.2 Å². The van der Waals surface area contributed by atoms with E-state index in [4.69, 9.17) is 0 Å². The summed E-state index contributed by atoms with van der Waals surface area (Å²) in [5, 5.41) is 5.26. The molecule has 0 bridgehead atoms. The minimum atomic E-state index is -3.03. The summed E-state index contributed by atoms with van der Waals surface area (Å²) in [7, 11) is -3.03. The van der Waals surface area contributed by atoms with Gasteiger partial charge in [-0.05, 0) is 23.8 Å². The Morgan fingerprint density at radius 3 is 2.43 bits per heavy atom. The SMILES string of the molecule is CC(C)(C)[C@H](NC(=O)NC[C@H]1CCCS1(=O)=O)c1ccccc1. The van der Waals surface area contributed by atoms with Crippen LogP contribution in [0, 0.1) is 5.41 Å². The first-order chi connectivity index (χ1) is 10.7. The minimum absolute atomic E-state index is 0.149. The highest BCUT2D eigenvalue weighted by atomic mass is 32.2. The fraction of sp³-hybridized carbons (Fsp3) is 0.588. The number of sulfone groups is 1. The van der Waals surface area contributed by atoms with Gasteiger partial charge in [0, 0.05) is 6.54 Å². The first-order valence-electron chi connectivity index (χ1n) is 8.01. The maximum Gasteiger partial charge on any atom is 0.315 e. The Bertz CT molecular complexity index is 636. The van der Waals surface area contributed by atoms with Crippen LogP contribution >= 0.6 is 0 Å². The van der Waals surface area contributed by atoms with Crippen LogP contribution in [-0.4, -0.2) is 32.0 Å². The third-order valence-electron chi connectivity index (χ3n) is 4.23. The van der Waals surface area contributed by atoms with Crippen molar-refractivity contribution >= 4 is 15.9 Å². The van der Waals surface area contributed by atoms with Crippen LogP contribution < -0.4 is 10.6 Å². The number of hydrogen-bond donors (Lipinski definition) is 2. The highest BCUT2D eigenvalue weighted by molar-refractivity contribution is 7.92. The van der Waals surface area contributed by atoms with Crippen LogP contribution in [0.4, 0.5) is 4.79 Å². The van der Waals surface area contributed by atoms with Gasteiger partial charge in [-0.25, -0.2) is 13.2 Å². The molecule has 0 unspecified atom stereocenters. The lowest BCUT2D eigenvalue weighted by molar-refractivity contribution is 0.218. The van der Waals surface area contributed by atoms with Gasteiger partial charge in [-0.3, -0.25) is 0 Å². The molecule has 0 saturated carbocycles. The molecule has 2 atom stereocenters. The third kappa shape index (κ3) is 4.70. The van der Waals surface area contributed by atoms with Crippen LogP contribution in [0.2, 0.25) is 0 Å². The molecule has 1 heterocycles. The summed E-state index contributed by atoms with van der Waals surface area (Å²) in [5.41, 5.74) is 0.877. The maximum absolute atomic E-state index is 12.2. The van der Waals surface area contributed by atoms with E-state index < -0.39 is 15.1 Å². The van der Waals surface area contributed by atoms with Crippen LogP contribution in [-0.2, 0) is 9.84 Å². The Labute approximate surface area is 138 Å². The van der Waals surface area contributed by atoms with E-state index in [2.05, 4.69) is 31.4 Å². The van der Waals surface area contributed by atoms with Gasteiger partial charge in [-0.1, -0.05) is 51.1 Å². The minimum Gasteiger partial charge on any atom is -0.337 e. The molecule has 23 heavy (non-hydrogen) atoms. The number of urea groups is 1. The van der Waals surface area contributed by atoms with E-state index in [1.165, 1.54) is 0 Å². The Morgan fingerprint density at radius 1 is 1.26 bits per heavy atom. The molecular formula is C17H26N2O3S. The lowest BCUT2D eigenvalue weighted by atomic mass is 9.82. The Balaban J connectivity index is 1.99. The second-order valence-electron chi connectivity index (χ2n) is 7.20. The highest BCUT2D eigenvalue weighted by Crippen LogP contribution is 2.32. The van der Waals surface area contributed by atoms with Crippen LogP contribution in [0.5, 0.6) is 0 Å². The van der Waals surface area contributed by atoms with Gasteiger partial charge < -0.3 is 10.6 Å². The predicted octanol–water partition coefficient (Wildman–Crippen LogP) is 2.65. The van der Waals surface area contributed by atoms with E-state index >= 15 is 0 Å². The van der Waals surface area contributed by atoms with E-state index in [0.717, 1.165) is 5.56 Å². The molecule has 1 fully saturated rings. The average Bonchev–Trinajstić information content (AvgIpc) is 2.81. The standard InChI is InChI=1S/C17H26N2O3S/c1-17(2,3)15(13-8-5-4-6-9-13)19-16(20)18-12-14-10-7-11-23(14,21)22/h4-6,8-9,14-15H,7,10-12H2,1-3H3,(H2,18,19,20)/t14-,15-/m1/s1. The van der Waals surface area contributed by atoms with Crippen molar-refractivity contribution in [3.8, 4) is 0 Å². The van der Waals surface area contributed by atoms with Gasteiger partial charge in [0.25, 0.3) is 0 Å². The summed E-state index contributed by atoms with van der Waals surface area (Å²) >= 11 is 0. The van der Waals surface area contributed by atoms with Crippen molar-refractivity contribution in [2.45, 2.75) is 44.9 Å². The van der Waals surface area contributed by atoms with E-state index in [0.29, 0.717) is 12.8 Å². The Kier molecular flexibility index (Phi) is 5.34. The first kappa shape index (κ1) is 17.8. The number of benzene rings is 1. The van der Waals surface area contributed by atoms with Crippen molar-refractivity contribution in [3.63, 3.8) is 0 Å². The summed E-state index contributed by atoms with van der Waals surface area (Å²) in [6, 6.07) is 9.32. The van der Waals surface area contributed by atoms with E-state index in [1.54, 1.807) is 0 Å². The molecule has 0 aromatic heterocycles. The van der Waals surface area contributed by atoms with Crippen molar-refractivity contribution in [1.29, 1.82) is 0 Å². The number of amides is 2. The highest BCUT2D eigenvalue weighted by Gasteiger charge is 2.32. The van der Waals surface area contributed by atoms with Crippen LogP contribution in [0.25, 0.3) is 0 Å². The van der Waals surface area contributed by atoms with Crippen molar-refractivity contribution in [1.82, 2.24) is 10.6 Å².